The Morgan fingerprint density at radius 1 is 1.12 bits per heavy atom. The molecule has 0 aliphatic heterocycles. The smallest absolute Gasteiger partial charge is 0.305 e. The molecule has 0 saturated heterocycles. The van der Waals surface area contributed by atoms with E-state index in [1.54, 1.807) is 42.5 Å². The predicted molar refractivity (Wildman–Crippen MR) is 89.4 cm³/mol. The summed E-state index contributed by atoms with van der Waals surface area (Å²) in [5, 5.41) is 9.18. The molecule has 24 heavy (non-hydrogen) atoms. The Kier molecular flexibility index (Phi) is 5.58. The van der Waals surface area contributed by atoms with E-state index in [0.717, 1.165) is 4.31 Å². The van der Waals surface area contributed by atoms with Gasteiger partial charge in [0.2, 0.25) is 10.0 Å². The number of nitrogens with zero attached hydrogens (tertiary/aromatic N) is 1. The Labute approximate surface area is 141 Å². The van der Waals surface area contributed by atoms with Crippen molar-refractivity contribution in [3.63, 3.8) is 0 Å². The molecule has 0 aliphatic carbocycles. The first-order valence-corrected chi connectivity index (χ1v) is 8.69. The molecule has 0 bridgehead atoms. The fourth-order valence-electron chi connectivity index (χ4n) is 2.37. The molecule has 0 spiro atoms. The van der Waals surface area contributed by atoms with E-state index in [9.17, 15) is 18.3 Å². The highest BCUT2D eigenvalue weighted by Crippen LogP contribution is 2.30. The van der Waals surface area contributed by atoms with Crippen molar-refractivity contribution >= 4 is 16.0 Å². The topological polar surface area (TPSA) is 83.9 Å². The molecule has 1 atom stereocenters. The van der Waals surface area contributed by atoms with Crippen molar-refractivity contribution in [3.8, 4) is 5.75 Å². The third-order valence-electron chi connectivity index (χ3n) is 3.73. The van der Waals surface area contributed by atoms with Crippen LogP contribution in [0.15, 0.2) is 59.5 Å². The van der Waals surface area contributed by atoms with Crippen molar-refractivity contribution in [1.82, 2.24) is 4.31 Å². The zero-order valence-electron chi connectivity index (χ0n) is 13.4. The van der Waals surface area contributed by atoms with Crippen molar-refractivity contribution in [2.24, 2.45) is 0 Å². The number of methoxy groups -OCH3 is 1. The van der Waals surface area contributed by atoms with Crippen LogP contribution in [0.2, 0.25) is 0 Å². The normalized spacial score (nSPS) is 12.8. The number of aliphatic carboxylic acids is 1. The average molecular weight is 349 g/mol. The Morgan fingerprint density at radius 3 is 2.21 bits per heavy atom. The Hall–Kier alpha value is -2.38. The zero-order chi connectivity index (χ0) is 17.7. The lowest BCUT2D eigenvalue weighted by Crippen LogP contribution is -2.32. The van der Waals surface area contributed by atoms with Crippen molar-refractivity contribution in [1.29, 1.82) is 0 Å². The highest BCUT2D eigenvalue weighted by Gasteiger charge is 2.30. The highest BCUT2D eigenvalue weighted by molar-refractivity contribution is 7.89. The van der Waals surface area contributed by atoms with Gasteiger partial charge in [0.05, 0.1) is 24.5 Å². The first-order chi connectivity index (χ1) is 11.4. The van der Waals surface area contributed by atoms with Crippen LogP contribution in [0.3, 0.4) is 0 Å². The van der Waals surface area contributed by atoms with Gasteiger partial charge in [0.1, 0.15) is 5.75 Å². The summed E-state index contributed by atoms with van der Waals surface area (Å²) >= 11 is 0. The number of hydrogen-bond acceptors (Lipinski definition) is 4. The Bertz CT molecular complexity index is 787. The molecular formula is C17H19NO5S. The average Bonchev–Trinajstić information content (AvgIpc) is 2.60. The van der Waals surface area contributed by atoms with Gasteiger partial charge in [-0.25, -0.2) is 8.42 Å². The number of hydrogen-bond donors (Lipinski definition) is 1. The van der Waals surface area contributed by atoms with Crippen LogP contribution in [0.4, 0.5) is 0 Å². The standard InChI is InChI=1S/C17H19NO5S/c1-18(24(21,22)15-6-4-3-5-7-15)16(12-17(19)20)13-8-10-14(23-2)11-9-13/h3-11,16H,12H2,1-2H3,(H,19,20)/t16-/m0/s1. The largest absolute Gasteiger partial charge is 0.497 e. The van der Waals surface area contributed by atoms with E-state index in [1.165, 1.54) is 26.3 Å². The molecule has 0 aliphatic rings. The highest BCUT2D eigenvalue weighted by atomic mass is 32.2. The molecule has 0 unspecified atom stereocenters. The van der Waals surface area contributed by atoms with Crippen molar-refractivity contribution in [3.05, 3.63) is 60.2 Å². The number of benzene rings is 2. The van der Waals surface area contributed by atoms with Crippen LogP contribution in [0.25, 0.3) is 0 Å². The minimum absolute atomic E-state index is 0.122. The summed E-state index contributed by atoms with van der Waals surface area (Å²) in [7, 11) is -0.896. The van der Waals surface area contributed by atoms with Gasteiger partial charge >= 0.3 is 5.97 Å². The van der Waals surface area contributed by atoms with Crippen molar-refractivity contribution < 1.29 is 23.1 Å². The number of ether oxygens (including phenoxy) is 1. The molecule has 0 heterocycles. The maximum absolute atomic E-state index is 12.8. The molecular weight excluding hydrogens is 330 g/mol. The molecule has 0 fully saturated rings. The number of carboxylic acids is 1. The summed E-state index contributed by atoms with van der Waals surface area (Å²) < 4.78 is 31.7. The molecule has 0 aromatic heterocycles. The fourth-order valence-corrected chi connectivity index (χ4v) is 3.74. The second-order valence-corrected chi connectivity index (χ2v) is 7.22. The van der Waals surface area contributed by atoms with Crippen LogP contribution in [0, 0.1) is 0 Å². The predicted octanol–water partition coefficient (Wildman–Crippen LogP) is 2.53. The van der Waals surface area contributed by atoms with Gasteiger partial charge in [-0.1, -0.05) is 30.3 Å². The summed E-state index contributed by atoms with van der Waals surface area (Å²) in [6.07, 6.45) is -0.338. The van der Waals surface area contributed by atoms with Crippen molar-refractivity contribution in [2.75, 3.05) is 14.2 Å². The minimum Gasteiger partial charge on any atom is -0.497 e. The summed E-state index contributed by atoms with van der Waals surface area (Å²) in [6.45, 7) is 0. The molecule has 0 radical (unpaired) electrons. The molecule has 7 heteroatoms. The first kappa shape index (κ1) is 18.0. The van der Waals surface area contributed by atoms with Crippen LogP contribution in [-0.4, -0.2) is 38.0 Å². The van der Waals surface area contributed by atoms with Crippen molar-refractivity contribution in [2.45, 2.75) is 17.4 Å². The van der Waals surface area contributed by atoms with Crippen LogP contribution < -0.4 is 4.74 Å². The van der Waals surface area contributed by atoms with Gasteiger partial charge in [-0.3, -0.25) is 4.79 Å². The number of rotatable bonds is 7. The second kappa shape index (κ2) is 7.46. The van der Waals surface area contributed by atoms with Gasteiger partial charge in [-0.05, 0) is 29.8 Å². The van der Waals surface area contributed by atoms with E-state index < -0.39 is 22.0 Å². The van der Waals surface area contributed by atoms with E-state index in [0.29, 0.717) is 11.3 Å². The maximum atomic E-state index is 12.8. The van der Waals surface area contributed by atoms with Gasteiger partial charge in [-0.15, -0.1) is 0 Å². The quantitative estimate of drug-likeness (QED) is 0.830. The van der Waals surface area contributed by atoms with E-state index in [1.807, 2.05) is 0 Å². The van der Waals surface area contributed by atoms with Gasteiger partial charge < -0.3 is 9.84 Å². The van der Waals surface area contributed by atoms with Crippen LogP contribution in [0.1, 0.15) is 18.0 Å². The van der Waals surface area contributed by atoms with Gasteiger partial charge in [0, 0.05) is 7.05 Å². The second-order valence-electron chi connectivity index (χ2n) is 5.22. The maximum Gasteiger partial charge on any atom is 0.305 e. The van der Waals surface area contributed by atoms with E-state index in [2.05, 4.69) is 0 Å². The third-order valence-corrected chi connectivity index (χ3v) is 5.61. The van der Waals surface area contributed by atoms with Gasteiger partial charge in [-0.2, -0.15) is 4.31 Å². The Morgan fingerprint density at radius 2 is 1.71 bits per heavy atom. The molecule has 128 valence electrons. The molecule has 2 aromatic rings. The minimum atomic E-state index is -3.81. The monoisotopic (exact) mass is 349 g/mol. The number of sulfonamides is 1. The lowest BCUT2D eigenvalue weighted by atomic mass is 10.0. The van der Waals surface area contributed by atoms with Gasteiger partial charge in [0.25, 0.3) is 0 Å². The molecule has 2 aromatic carbocycles. The molecule has 1 N–H and O–H groups in total. The number of carboxylic acid groups (broad SMARTS) is 1. The third kappa shape index (κ3) is 3.93. The summed E-state index contributed by atoms with van der Waals surface area (Å²) in [4.78, 5) is 11.3. The molecule has 0 amide bonds. The van der Waals surface area contributed by atoms with E-state index in [-0.39, 0.29) is 11.3 Å². The Balaban J connectivity index is 2.41. The van der Waals surface area contributed by atoms with Crippen LogP contribution in [-0.2, 0) is 14.8 Å². The lowest BCUT2D eigenvalue weighted by molar-refractivity contribution is -0.138. The molecule has 6 nitrogen and oxygen atoms in total. The SMILES string of the molecule is COc1ccc([C@H](CC(=O)O)N(C)S(=O)(=O)c2ccccc2)cc1. The lowest BCUT2D eigenvalue weighted by Gasteiger charge is -2.27. The van der Waals surface area contributed by atoms with Crippen LogP contribution in [0.5, 0.6) is 5.75 Å². The summed E-state index contributed by atoms with van der Waals surface area (Å²) in [5.41, 5.74) is 0.584. The molecule has 0 saturated carbocycles. The summed E-state index contributed by atoms with van der Waals surface area (Å²) in [5.74, 6) is -0.465. The van der Waals surface area contributed by atoms with E-state index in [4.69, 9.17) is 4.74 Å². The molecule has 2 rings (SSSR count). The fraction of sp³-hybridized carbons (Fsp3) is 0.235. The van der Waals surface area contributed by atoms with Gasteiger partial charge in [0.15, 0.2) is 0 Å². The number of carbonyl (C=O) groups is 1. The first-order valence-electron chi connectivity index (χ1n) is 7.25. The zero-order valence-corrected chi connectivity index (χ0v) is 14.2. The summed E-state index contributed by atoms with van der Waals surface area (Å²) in [6, 6.07) is 13.8. The van der Waals surface area contributed by atoms with E-state index >= 15 is 0 Å². The van der Waals surface area contributed by atoms with Crippen LogP contribution >= 0.6 is 0 Å².